The maximum absolute atomic E-state index is 12.8. The molecule has 0 aromatic heterocycles. The molecule has 4 rings (SSSR count). The number of carbonyl (C=O) groups excluding carboxylic acids is 1. The van der Waals surface area contributed by atoms with E-state index in [4.69, 9.17) is 4.99 Å². The SMILES string of the molecule is CCNC(=NCCCN1CCc2ccccc2C1)NC1CCN(C(=O)C2CCCCC2)C1. The van der Waals surface area contributed by atoms with Gasteiger partial charge in [-0.15, -0.1) is 0 Å². The molecule has 1 atom stereocenters. The van der Waals surface area contributed by atoms with Crippen LogP contribution in [-0.4, -0.2) is 67.0 Å². The first kappa shape index (κ1) is 23.1. The molecular formula is C26H41N5O. The molecule has 1 aromatic rings. The number of hydrogen-bond acceptors (Lipinski definition) is 3. The number of carbonyl (C=O) groups is 1. The van der Waals surface area contributed by atoms with E-state index in [-0.39, 0.29) is 5.92 Å². The molecule has 0 bridgehead atoms. The third-order valence-corrected chi connectivity index (χ3v) is 7.25. The summed E-state index contributed by atoms with van der Waals surface area (Å²) in [4.78, 5) is 22.3. The molecule has 6 heteroatoms. The molecule has 1 saturated carbocycles. The van der Waals surface area contributed by atoms with Gasteiger partial charge in [-0.1, -0.05) is 43.5 Å². The number of hydrogen-bond donors (Lipinski definition) is 2. The summed E-state index contributed by atoms with van der Waals surface area (Å²) in [6, 6.07) is 9.12. The molecule has 1 saturated heterocycles. The largest absolute Gasteiger partial charge is 0.357 e. The molecule has 2 heterocycles. The topological polar surface area (TPSA) is 60.0 Å². The molecule has 2 fully saturated rings. The van der Waals surface area contributed by atoms with Crippen LogP contribution in [0.15, 0.2) is 29.3 Å². The van der Waals surface area contributed by atoms with Crippen molar-refractivity contribution in [1.82, 2.24) is 20.4 Å². The first-order valence-electron chi connectivity index (χ1n) is 12.9. The highest BCUT2D eigenvalue weighted by Gasteiger charge is 2.31. The van der Waals surface area contributed by atoms with Crippen molar-refractivity contribution in [2.75, 3.05) is 39.3 Å². The van der Waals surface area contributed by atoms with Crippen LogP contribution in [0.25, 0.3) is 0 Å². The zero-order chi connectivity index (χ0) is 22.2. The van der Waals surface area contributed by atoms with Crippen LogP contribution >= 0.6 is 0 Å². The molecule has 1 aliphatic carbocycles. The van der Waals surface area contributed by atoms with Crippen LogP contribution in [0.4, 0.5) is 0 Å². The van der Waals surface area contributed by atoms with E-state index in [2.05, 4.69) is 51.6 Å². The quantitative estimate of drug-likeness (QED) is 0.389. The highest BCUT2D eigenvalue weighted by molar-refractivity contribution is 5.81. The number of amides is 1. The summed E-state index contributed by atoms with van der Waals surface area (Å²) in [5, 5.41) is 6.98. The second kappa shape index (κ2) is 11.7. The van der Waals surface area contributed by atoms with E-state index < -0.39 is 0 Å². The Balaban J connectivity index is 1.20. The number of likely N-dealkylation sites (tertiary alicyclic amines) is 1. The van der Waals surface area contributed by atoms with Gasteiger partial charge in [0.2, 0.25) is 5.91 Å². The number of nitrogens with one attached hydrogen (secondary N) is 2. The van der Waals surface area contributed by atoms with Gasteiger partial charge < -0.3 is 15.5 Å². The van der Waals surface area contributed by atoms with E-state index in [0.717, 1.165) is 83.9 Å². The van der Waals surface area contributed by atoms with Gasteiger partial charge in [-0.25, -0.2) is 0 Å². The highest BCUT2D eigenvalue weighted by atomic mass is 16.2. The van der Waals surface area contributed by atoms with Crippen LogP contribution in [-0.2, 0) is 17.8 Å². The lowest BCUT2D eigenvalue weighted by Gasteiger charge is -2.28. The van der Waals surface area contributed by atoms with Crippen LogP contribution < -0.4 is 10.6 Å². The van der Waals surface area contributed by atoms with E-state index in [1.54, 1.807) is 0 Å². The average molecular weight is 440 g/mol. The first-order valence-corrected chi connectivity index (χ1v) is 12.9. The fourth-order valence-electron chi connectivity index (χ4n) is 5.43. The fraction of sp³-hybridized carbons (Fsp3) is 0.692. The Morgan fingerprint density at radius 3 is 2.72 bits per heavy atom. The summed E-state index contributed by atoms with van der Waals surface area (Å²) in [5.41, 5.74) is 2.98. The van der Waals surface area contributed by atoms with E-state index in [0.29, 0.717) is 11.9 Å². The fourth-order valence-corrected chi connectivity index (χ4v) is 5.43. The Bertz CT molecular complexity index is 773. The molecule has 176 valence electrons. The normalized spacial score (nSPS) is 22.6. The number of nitrogens with zero attached hydrogens (tertiary/aromatic N) is 3. The van der Waals surface area contributed by atoms with Crippen molar-refractivity contribution in [3.05, 3.63) is 35.4 Å². The smallest absolute Gasteiger partial charge is 0.225 e. The van der Waals surface area contributed by atoms with Gasteiger partial charge in [-0.2, -0.15) is 0 Å². The summed E-state index contributed by atoms with van der Waals surface area (Å²) in [6.45, 7) is 8.77. The molecule has 1 unspecified atom stereocenters. The number of guanidine groups is 1. The summed E-state index contributed by atoms with van der Waals surface area (Å²) in [7, 11) is 0. The molecule has 3 aliphatic rings. The van der Waals surface area contributed by atoms with Gasteiger partial charge in [0.1, 0.15) is 0 Å². The van der Waals surface area contributed by atoms with Crippen LogP contribution in [0, 0.1) is 5.92 Å². The zero-order valence-electron chi connectivity index (χ0n) is 19.8. The molecule has 0 spiro atoms. The van der Waals surface area contributed by atoms with Crippen LogP contribution in [0.1, 0.15) is 63.0 Å². The lowest BCUT2D eigenvalue weighted by Crippen LogP contribution is -2.45. The second-order valence-corrected chi connectivity index (χ2v) is 9.66. The molecule has 2 N–H and O–H groups in total. The Kier molecular flexibility index (Phi) is 8.43. The minimum atomic E-state index is 0.270. The van der Waals surface area contributed by atoms with E-state index >= 15 is 0 Å². The first-order chi connectivity index (χ1) is 15.7. The van der Waals surface area contributed by atoms with Crippen molar-refractivity contribution >= 4 is 11.9 Å². The third kappa shape index (κ3) is 6.25. The van der Waals surface area contributed by atoms with Crippen molar-refractivity contribution in [3.8, 4) is 0 Å². The van der Waals surface area contributed by atoms with Gasteiger partial charge in [0.05, 0.1) is 0 Å². The average Bonchev–Trinajstić information content (AvgIpc) is 3.30. The van der Waals surface area contributed by atoms with Crippen molar-refractivity contribution in [2.24, 2.45) is 10.9 Å². The lowest BCUT2D eigenvalue weighted by molar-refractivity contribution is -0.135. The number of fused-ring (bicyclic) bond motifs is 1. The minimum absolute atomic E-state index is 0.270. The molecule has 1 aromatic carbocycles. The van der Waals surface area contributed by atoms with Crippen LogP contribution in [0.5, 0.6) is 0 Å². The molecular weight excluding hydrogens is 398 g/mol. The van der Waals surface area contributed by atoms with Crippen LogP contribution in [0.3, 0.4) is 0 Å². The third-order valence-electron chi connectivity index (χ3n) is 7.25. The standard InChI is InChI=1S/C26H41N5O/c1-2-27-26(28-15-8-16-30-17-13-21-9-6-7-12-23(21)19-30)29-24-14-18-31(20-24)25(32)22-10-4-3-5-11-22/h6-7,9,12,22,24H,2-5,8,10-11,13-20H2,1H3,(H2,27,28,29). The van der Waals surface area contributed by atoms with Gasteiger partial charge in [-0.3, -0.25) is 14.7 Å². The molecule has 6 nitrogen and oxygen atoms in total. The van der Waals surface area contributed by atoms with E-state index in [9.17, 15) is 4.79 Å². The maximum Gasteiger partial charge on any atom is 0.225 e. The minimum Gasteiger partial charge on any atom is -0.357 e. The summed E-state index contributed by atoms with van der Waals surface area (Å²) >= 11 is 0. The molecule has 1 amide bonds. The van der Waals surface area contributed by atoms with Gasteiger partial charge in [0.15, 0.2) is 5.96 Å². The molecule has 0 radical (unpaired) electrons. The monoisotopic (exact) mass is 439 g/mol. The van der Waals surface area contributed by atoms with Gasteiger partial charge >= 0.3 is 0 Å². The Hall–Kier alpha value is -2.08. The summed E-state index contributed by atoms with van der Waals surface area (Å²) in [6.07, 6.45) is 9.12. The van der Waals surface area contributed by atoms with Crippen molar-refractivity contribution in [2.45, 2.75) is 70.9 Å². The Morgan fingerprint density at radius 1 is 1.09 bits per heavy atom. The van der Waals surface area contributed by atoms with Crippen molar-refractivity contribution < 1.29 is 4.79 Å². The second-order valence-electron chi connectivity index (χ2n) is 9.66. The maximum atomic E-state index is 12.8. The van der Waals surface area contributed by atoms with Gasteiger partial charge in [0.25, 0.3) is 0 Å². The summed E-state index contributed by atoms with van der Waals surface area (Å²) < 4.78 is 0. The van der Waals surface area contributed by atoms with Crippen molar-refractivity contribution in [1.29, 1.82) is 0 Å². The van der Waals surface area contributed by atoms with Gasteiger partial charge in [-0.05, 0) is 50.2 Å². The number of aliphatic imine (C=N–C) groups is 1. The van der Waals surface area contributed by atoms with E-state index in [1.165, 1.54) is 30.4 Å². The summed E-state index contributed by atoms with van der Waals surface area (Å²) in [5.74, 6) is 1.55. The van der Waals surface area contributed by atoms with Crippen molar-refractivity contribution in [3.63, 3.8) is 0 Å². The number of benzene rings is 1. The van der Waals surface area contributed by atoms with E-state index in [1.807, 2.05) is 0 Å². The van der Waals surface area contributed by atoms with Gasteiger partial charge in [0, 0.05) is 57.8 Å². The Morgan fingerprint density at radius 2 is 1.91 bits per heavy atom. The Labute approximate surface area is 193 Å². The molecule has 2 aliphatic heterocycles. The predicted molar refractivity (Wildman–Crippen MR) is 131 cm³/mol. The zero-order valence-corrected chi connectivity index (χ0v) is 19.8. The highest BCUT2D eigenvalue weighted by Crippen LogP contribution is 2.26. The van der Waals surface area contributed by atoms with Crippen LogP contribution in [0.2, 0.25) is 0 Å². The molecule has 32 heavy (non-hydrogen) atoms. The number of rotatable bonds is 7. The lowest BCUT2D eigenvalue weighted by atomic mass is 9.88. The predicted octanol–water partition coefficient (Wildman–Crippen LogP) is 3.17.